The van der Waals surface area contributed by atoms with Gasteiger partial charge in [-0.15, -0.1) is 6.42 Å². The SMILES string of the molecule is C#CCOc1ccc(/C=c2/sc3n(c2=O)[C@H](c2ccc(Cl)cc2)C(C(=O)N(CC)CC)=C(C)N=3)cc1OCC. The van der Waals surface area contributed by atoms with Crippen molar-refractivity contribution in [3.8, 4) is 23.8 Å². The largest absolute Gasteiger partial charge is 0.490 e. The number of allylic oxidation sites excluding steroid dienone is 1. The minimum Gasteiger partial charge on any atom is -0.490 e. The van der Waals surface area contributed by atoms with Crippen LogP contribution >= 0.6 is 22.9 Å². The second-order valence-electron chi connectivity index (χ2n) is 8.74. The number of hydrogen-bond donors (Lipinski definition) is 0. The number of amides is 1. The van der Waals surface area contributed by atoms with Gasteiger partial charge in [-0.1, -0.05) is 47.1 Å². The minimum atomic E-state index is -0.632. The summed E-state index contributed by atoms with van der Waals surface area (Å²) >= 11 is 7.45. The van der Waals surface area contributed by atoms with Gasteiger partial charge in [-0.25, -0.2) is 4.99 Å². The number of aromatic nitrogens is 1. The number of benzene rings is 2. The summed E-state index contributed by atoms with van der Waals surface area (Å²) in [4.78, 5) is 34.6. The second-order valence-corrected chi connectivity index (χ2v) is 10.2. The maximum atomic E-state index is 13.9. The second kappa shape index (κ2) is 12.4. The Labute approximate surface area is 236 Å². The molecule has 1 aromatic heterocycles. The summed E-state index contributed by atoms with van der Waals surface area (Å²) in [6.07, 6.45) is 7.12. The molecule has 2 aromatic carbocycles. The first-order valence-electron chi connectivity index (χ1n) is 12.7. The highest BCUT2D eigenvalue weighted by molar-refractivity contribution is 7.07. The molecule has 0 spiro atoms. The van der Waals surface area contributed by atoms with Gasteiger partial charge in [0.15, 0.2) is 16.3 Å². The average molecular weight is 564 g/mol. The van der Waals surface area contributed by atoms with Gasteiger partial charge in [0.1, 0.15) is 6.61 Å². The lowest BCUT2D eigenvalue weighted by atomic mass is 9.94. The highest BCUT2D eigenvalue weighted by atomic mass is 35.5. The van der Waals surface area contributed by atoms with Crippen LogP contribution in [0.4, 0.5) is 0 Å². The van der Waals surface area contributed by atoms with E-state index in [1.807, 2.05) is 52.0 Å². The lowest BCUT2D eigenvalue weighted by Gasteiger charge is -2.29. The third-order valence-corrected chi connectivity index (χ3v) is 7.60. The number of hydrogen-bond acceptors (Lipinski definition) is 6. The molecule has 1 aliphatic rings. The predicted molar refractivity (Wildman–Crippen MR) is 155 cm³/mol. The molecule has 4 rings (SSSR count). The zero-order chi connectivity index (χ0) is 28.1. The van der Waals surface area contributed by atoms with Crippen LogP contribution < -0.4 is 24.4 Å². The van der Waals surface area contributed by atoms with E-state index in [0.717, 1.165) is 11.1 Å². The molecule has 39 heavy (non-hydrogen) atoms. The van der Waals surface area contributed by atoms with E-state index in [-0.39, 0.29) is 18.1 Å². The highest BCUT2D eigenvalue weighted by Gasteiger charge is 2.34. The van der Waals surface area contributed by atoms with E-state index in [0.29, 0.717) is 56.8 Å². The Morgan fingerprint density at radius 3 is 2.51 bits per heavy atom. The van der Waals surface area contributed by atoms with Gasteiger partial charge < -0.3 is 14.4 Å². The van der Waals surface area contributed by atoms with Crippen LogP contribution in [-0.4, -0.2) is 41.7 Å². The topological polar surface area (TPSA) is 73.1 Å². The molecule has 3 aromatic rings. The van der Waals surface area contributed by atoms with Crippen LogP contribution in [-0.2, 0) is 4.79 Å². The molecule has 202 valence electrons. The number of carbonyl (C=O) groups is 1. The number of rotatable bonds is 9. The Hall–Kier alpha value is -3.80. The van der Waals surface area contributed by atoms with E-state index in [9.17, 15) is 9.59 Å². The fraction of sp³-hybridized carbons (Fsp3) is 0.300. The number of terminal acetylenes is 1. The smallest absolute Gasteiger partial charge is 0.271 e. The summed E-state index contributed by atoms with van der Waals surface area (Å²) in [7, 11) is 0. The zero-order valence-corrected chi connectivity index (χ0v) is 23.9. The van der Waals surface area contributed by atoms with Crippen molar-refractivity contribution in [2.75, 3.05) is 26.3 Å². The van der Waals surface area contributed by atoms with E-state index in [1.165, 1.54) is 11.3 Å². The molecule has 0 aliphatic carbocycles. The van der Waals surface area contributed by atoms with Gasteiger partial charge in [0.2, 0.25) is 0 Å². The summed E-state index contributed by atoms with van der Waals surface area (Å²) in [6.45, 7) is 9.23. The Morgan fingerprint density at radius 1 is 1.15 bits per heavy atom. The van der Waals surface area contributed by atoms with E-state index in [1.54, 1.807) is 33.7 Å². The van der Waals surface area contributed by atoms with Crippen molar-refractivity contribution < 1.29 is 14.3 Å². The quantitative estimate of drug-likeness (QED) is 0.366. The first-order valence-corrected chi connectivity index (χ1v) is 13.9. The molecule has 0 saturated heterocycles. The van der Waals surface area contributed by atoms with Crippen LogP contribution in [0.25, 0.3) is 6.08 Å². The van der Waals surface area contributed by atoms with Gasteiger partial charge in [-0.2, -0.15) is 0 Å². The summed E-state index contributed by atoms with van der Waals surface area (Å²) in [6, 6.07) is 12.0. The molecule has 1 aliphatic heterocycles. The fourth-order valence-corrected chi connectivity index (χ4v) is 5.68. The lowest BCUT2D eigenvalue weighted by Crippen LogP contribution is -2.43. The minimum absolute atomic E-state index is 0.122. The number of carbonyl (C=O) groups excluding carboxylic acids is 1. The van der Waals surface area contributed by atoms with Crippen molar-refractivity contribution in [1.29, 1.82) is 0 Å². The Bertz CT molecular complexity index is 1630. The standard InChI is InChI=1S/C30H30ClN3O4S/c1-6-16-38-23-15-10-20(17-24(23)37-9-4)18-25-28(35)34-27(21-11-13-22(31)14-12-21)26(19(5)32-30(34)39-25)29(36)33(7-2)8-3/h1,10-15,17-18,27H,7-9,16H2,2-5H3/b25-18+/t27-/m1/s1. The molecule has 0 saturated carbocycles. The number of likely N-dealkylation sites (N-methyl/N-ethyl adjacent to an activating group) is 1. The lowest BCUT2D eigenvalue weighted by molar-refractivity contribution is -0.127. The Balaban J connectivity index is 1.88. The zero-order valence-electron chi connectivity index (χ0n) is 22.4. The normalized spacial score (nSPS) is 14.9. The van der Waals surface area contributed by atoms with Crippen molar-refractivity contribution >= 4 is 34.9 Å². The maximum absolute atomic E-state index is 13.9. The van der Waals surface area contributed by atoms with Gasteiger partial charge in [-0.05, 0) is 69.2 Å². The molecule has 0 N–H and O–H groups in total. The molecule has 0 unspecified atom stereocenters. The highest BCUT2D eigenvalue weighted by Crippen LogP contribution is 2.32. The number of thiazole rings is 1. The Kier molecular flexibility index (Phi) is 8.95. The molecular weight excluding hydrogens is 534 g/mol. The summed E-state index contributed by atoms with van der Waals surface area (Å²) in [5.74, 6) is 3.38. The van der Waals surface area contributed by atoms with Crippen molar-refractivity contribution in [2.24, 2.45) is 4.99 Å². The molecule has 2 heterocycles. The molecule has 9 heteroatoms. The first-order chi connectivity index (χ1) is 18.8. The van der Waals surface area contributed by atoms with Crippen molar-refractivity contribution in [1.82, 2.24) is 9.47 Å². The predicted octanol–water partition coefficient (Wildman–Crippen LogP) is 4.17. The molecule has 1 amide bonds. The maximum Gasteiger partial charge on any atom is 0.271 e. The van der Waals surface area contributed by atoms with Crippen LogP contribution in [0, 0.1) is 12.3 Å². The monoisotopic (exact) mass is 563 g/mol. The van der Waals surface area contributed by atoms with Crippen LogP contribution in [0.15, 0.2) is 63.5 Å². The van der Waals surface area contributed by atoms with Gasteiger partial charge in [-0.3, -0.25) is 14.2 Å². The van der Waals surface area contributed by atoms with Crippen molar-refractivity contribution in [3.05, 3.63) is 89.6 Å². The number of halogens is 1. The van der Waals surface area contributed by atoms with Crippen LogP contribution in [0.5, 0.6) is 11.5 Å². The number of nitrogens with zero attached hydrogens (tertiary/aromatic N) is 3. The van der Waals surface area contributed by atoms with Gasteiger partial charge in [0, 0.05) is 18.1 Å². The van der Waals surface area contributed by atoms with Crippen LogP contribution in [0.3, 0.4) is 0 Å². The molecule has 0 bridgehead atoms. The van der Waals surface area contributed by atoms with Crippen LogP contribution in [0.2, 0.25) is 5.02 Å². The summed E-state index contributed by atoms with van der Waals surface area (Å²) in [5.41, 5.74) is 2.38. The van der Waals surface area contributed by atoms with E-state index >= 15 is 0 Å². The van der Waals surface area contributed by atoms with Gasteiger partial charge in [0.05, 0.1) is 28.5 Å². The molecular formula is C30H30ClN3O4S. The third kappa shape index (κ3) is 5.80. The van der Waals surface area contributed by atoms with E-state index < -0.39 is 6.04 Å². The molecule has 0 fully saturated rings. The molecule has 1 atom stereocenters. The van der Waals surface area contributed by atoms with Crippen LogP contribution in [0.1, 0.15) is 44.9 Å². The van der Waals surface area contributed by atoms with E-state index in [2.05, 4.69) is 5.92 Å². The van der Waals surface area contributed by atoms with Gasteiger partial charge >= 0.3 is 0 Å². The Morgan fingerprint density at radius 2 is 1.87 bits per heavy atom. The van der Waals surface area contributed by atoms with Crippen molar-refractivity contribution in [2.45, 2.75) is 33.7 Å². The number of ether oxygens (including phenoxy) is 2. The summed E-state index contributed by atoms with van der Waals surface area (Å²) < 4.78 is 13.4. The summed E-state index contributed by atoms with van der Waals surface area (Å²) in [5, 5.41) is 0.572. The van der Waals surface area contributed by atoms with Gasteiger partial charge in [0.25, 0.3) is 11.5 Å². The average Bonchev–Trinajstić information content (AvgIpc) is 3.22. The number of fused-ring (bicyclic) bond motifs is 1. The van der Waals surface area contributed by atoms with E-state index in [4.69, 9.17) is 32.5 Å². The molecule has 0 radical (unpaired) electrons. The van der Waals surface area contributed by atoms with Crippen molar-refractivity contribution in [3.63, 3.8) is 0 Å². The molecule has 7 nitrogen and oxygen atoms in total. The first kappa shape index (κ1) is 28.2. The third-order valence-electron chi connectivity index (χ3n) is 6.36. The fourth-order valence-electron chi connectivity index (χ4n) is 4.51.